The maximum Gasteiger partial charge on any atom is 0.333 e. The van der Waals surface area contributed by atoms with Crippen LogP contribution >= 0.6 is 0 Å². The van der Waals surface area contributed by atoms with Crippen molar-refractivity contribution in [3.05, 3.63) is 194 Å². The number of hydrogen-bond acceptors (Lipinski definition) is 3. The van der Waals surface area contributed by atoms with Crippen LogP contribution in [0.1, 0.15) is 5.56 Å². The smallest absolute Gasteiger partial charge is 0.333 e. The number of aryl methyl sites for hydroxylation is 1. The minimum absolute atomic E-state index is 0.0706. The fourth-order valence-corrected chi connectivity index (χ4v) is 10.2. The highest BCUT2D eigenvalue weighted by atomic mass is 16.3. The van der Waals surface area contributed by atoms with E-state index in [1.165, 1.54) is 65.9 Å². The molecule has 2 aliphatic heterocycles. The molecule has 13 rings (SSSR count). The van der Waals surface area contributed by atoms with E-state index in [9.17, 15) is 0 Å². The molecule has 0 spiro atoms. The number of aromatic nitrogens is 1. The number of furan rings is 1. The Morgan fingerprint density at radius 3 is 1.98 bits per heavy atom. The van der Waals surface area contributed by atoms with Crippen molar-refractivity contribution in [2.75, 3.05) is 9.80 Å². The van der Waals surface area contributed by atoms with Crippen molar-refractivity contribution >= 4 is 106 Å². The van der Waals surface area contributed by atoms with E-state index >= 15 is 0 Å². The van der Waals surface area contributed by atoms with Crippen LogP contribution in [0.4, 0.5) is 34.1 Å². The van der Waals surface area contributed by atoms with Crippen LogP contribution in [-0.4, -0.2) is 11.3 Å². The SMILES string of the molecule is Cc1cc2c3c(c1)N(c1cccc4c1oc1ccccc14)c1cc(N(c4ccccc4)c4ccccc4)ccc1B3n1c3cc4ccccc4cc3c3cccc-2c31. The summed E-state index contributed by atoms with van der Waals surface area (Å²) < 4.78 is 9.49. The Hall–Kier alpha value is -7.50. The van der Waals surface area contributed by atoms with Crippen molar-refractivity contribution in [3.8, 4) is 11.1 Å². The van der Waals surface area contributed by atoms with E-state index in [1.807, 2.05) is 0 Å². The molecule has 0 atom stereocenters. The molecule has 4 nitrogen and oxygen atoms in total. The first kappa shape index (κ1) is 31.7. The van der Waals surface area contributed by atoms with Gasteiger partial charge in [0.25, 0.3) is 0 Å². The second kappa shape index (κ2) is 11.8. The van der Waals surface area contributed by atoms with Crippen molar-refractivity contribution in [1.29, 1.82) is 0 Å². The summed E-state index contributed by atoms with van der Waals surface area (Å²) in [5.41, 5.74) is 17.3. The van der Waals surface area contributed by atoms with Gasteiger partial charge in [0.2, 0.25) is 0 Å². The number of para-hydroxylation sites is 5. The topological polar surface area (TPSA) is 24.6 Å². The molecule has 5 heteroatoms. The Balaban J connectivity index is 1.17. The zero-order chi connectivity index (χ0) is 38.1. The van der Waals surface area contributed by atoms with E-state index in [0.29, 0.717) is 0 Å². The number of hydrogen-bond donors (Lipinski definition) is 0. The summed E-state index contributed by atoms with van der Waals surface area (Å²) >= 11 is 0. The Morgan fingerprint density at radius 2 is 1.17 bits per heavy atom. The molecule has 0 unspecified atom stereocenters. The van der Waals surface area contributed by atoms with E-state index in [4.69, 9.17) is 4.42 Å². The molecular weight excluding hydrogens is 705 g/mol. The average molecular weight is 740 g/mol. The van der Waals surface area contributed by atoms with Crippen LogP contribution < -0.4 is 20.7 Å². The predicted molar refractivity (Wildman–Crippen MR) is 244 cm³/mol. The Morgan fingerprint density at radius 1 is 0.483 bits per heavy atom. The summed E-state index contributed by atoms with van der Waals surface area (Å²) in [6.07, 6.45) is 0. The molecule has 2 aliphatic rings. The van der Waals surface area contributed by atoms with Gasteiger partial charge in [-0.15, -0.1) is 0 Å². The van der Waals surface area contributed by atoms with Crippen molar-refractivity contribution in [3.63, 3.8) is 0 Å². The highest BCUT2D eigenvalue weighted by Crippen LogP contribution is 2.49. The fourth-order valence-electron chi connectivity index (χ4n) is 10.2. The first-order chi connectivity index (χ1) is 28.7. The van der Waals surface area contributed by atoms with Gasteiger partial charge in [-0.2, -0.15) is 0 Å². The first-order valence-electron chi connectivity index (χ1n) is 20.0. The number of nitrogens with zero attached hydrogens (tertiary/aromatic N) is 3. The van der Waals surface area contributed by atoms with Gasteiger partial charge in [0.05, 0.1) is 5.69 Å². The molecule has 2 aromatic heterocycles. The van der Waals surface area contributed by atoms with Gasteiger partial charge in [0, 0.05) is 66.6 Å². The summed E-state index contributed by atoms with van der Waals surface area (Å²) in [5, 5.41) is 7.31. The zero-order valence-corrected chi connectivity index (χ0v) is 31.7. The van der Waals surface area contributed by atoms with Crippen LogP contribution in [0.2, 0.25) is 0 Å². The molecular formula is C53H34BN3O. The van der Waals surface area contributed by atoms with Gasteiger partial charge >= 0.3 is 6.85 Å². The normalized spacial score (nSPS) is 12.8. The van der Waals surface area contributed by atoms with E-state index in [0.717, 1.165) is 50.4 Å². The maximum atomic E-state index is 6.84. The number of rotatable bonds is 4. The molecule has 4 heterocycles. The van der Waals surface area contributed by atoms with Gasteiger partial charge in [-0.25, -0.2) is 0 Å². The lowest BCUT2D eigenvalue weighted by atomic mass is 9.45. The highest BCUT2D eigenvalue weighted by Gasteiger charge is 2.43. The summed E-state index contributed by atoms with van der Waals surface area (Å²) in [6.45, 7) is 2.17. The third-order valence-corrected chi connectivity index (χ3v) is 12.5. The van der Waals surface area contributed by atoms with Crippen molar-refractivity contribution in [2.45, 2.75) is 6.92 Å². The van der Waals surface area contributed by atoms with Gasteiger partial charge in [0.1, 0.15) is 5.58 Å². The van der Waals surface area contributed by atoms with Gasteiger partial charge < -0.3 is 18.7 Å². The second-order valence-corrected chi connectivity index (χ2v) is 15.8. The minimum atomic E-state index is -0.0706. The Kier molecular flexibility index (Phi) is 6.43. The van der Waals surface area contributed by atoms with E-state index < -0.39 is 0 Å². The van der Waals surface area contributed by atoms with Crippen LogP contribution in [0.3, 0.4) is 0 Å². The highest BCUT2D eigenvalue weighted by molar-refractivity contribution is 6.90. The Bertz CT molecular complexity index is 3460. The first-order valence-corrected chi connectivity index (χ1v) is 20.0. The largest absolute Gasteiger partial charge is 0.454 e. The molecule has 0 amide bonds. The lowest BCUT2D eigenvalue weighted by Crippen LogP contribution is -2.56. The lowest BCUT2D eigenvalue weighted by molar-refractivity contribution is 0.669. The van der Waals surface area contributed by atoms with Crippen molar-refractivity contribution < 1.29 is 4.42 Å². The quantitative estimate of drug-likeness (QED) is 0.168. The number of fused-ring (bicyclic) bond motifs is 11. The molecule has 0 saturated heterocycles. The zero-order valence-electron chi connectivity index (χ0n) is 31.7. The Labute approximate surface area is 335 Å². The molecule has 9 aromatic carbocycles. The van der Waals surface area contributed by atoms with Crippen molar-refractivity contribution in [1.82, 2.24) is 4.48 Å². The third kappa shape index (κ3) is 4.30. The molecule has 0 radical (unpaired) electrons. The van der Waals surface area contributed by atoms with Crippen LogP contribution in [0.15, 0.2) is 192 Å². The van der Waals surface area contributed by atoms with Crippen LogP contribution in [0, 0.1) is 6.92 Å². The van der Waals surface area contributed by atoms with Gasteiger partial charge in [-0.05, 0) is 106 Å². The molecule has 11 aromatic rings. The molecule has 0 N–H and O–H groups in total. The van der Waals surface area contributed by atoms with E-state index in [-0.39, 0.29) is 6.85 Å². The van der Waals surface area contributed by atoms with Crippen LogP contribution in [0.5, 0.6) is 0 Å². The third-order valence-electron chi connectivity index (χ3n) is 12.5. The fraction of sp³-hybridized carbons (Fsp3) is 0.0189. The van der Waals surface area contributed by atoms with Gasteiger partial charge in [-0.3, -0.25) is 0 Å². The van der Waals surface area contributed by atoms with E-state index in [2.05, 4.69) is 209 Å². The standard InChI is InChI=1S/C53H34BN3O/c1-33-28-44-41-22-12-21-40-43-30-34-14-8-9-15-35(34)31-47(43)57(52(40)41)54-45-27-26-38(55(36-16-4-2-5-17-36)37-18-6-3-7-19-37)32-48(45)56(49(29-33)51(44)54)46-24-13-23-42-39-20-10-11-25-50(39)58-53(42)46/h2-32H,1H3. The van der Waals surface area contributed by atoms with E-state index in [1.54, 1.807) is 0 Å². The van der Waals surface area contributed by atoms with Gasteiger partial charge in [0.15, 0.2) is 5.58 Å². The minimum Gasteiger partial charge on any atom is -0.454 e. The van der Waals surface area contributed by atoms with Gasteiger partial charge in [-0.1, -0.05) is 121 Å². The predicted octanol–water partition coefficient (Wildman–Crippen LogP) is 13.0. The summed E-state index contributed by atoms with van der Waals surface area (Å²) in [6, 6.07) is 68.7. The summed E-state index contributed by atoms with van der Waals surface area (Å²) in [4.78, 5) is 4.86. The average Bonchev–Trinajstić information content (AvgIpc) is 3.81. The molecule has 0 fully saturated rings. The molecule has 0 bridgehead atoms. The molecule has 270 valence electrons. The molecule has 0 aliphatic carbocycles. The molecule has 58 heavy (non-hydrogen) atoms. The maximum absolute atomic E-state index is 6.84. The number of anilines is 6. The second-order valence-electron chi connectivity index (χ2n) is 15.8. The van der Waals surface area contributed by atoms with Crippen molar-refractivity contribution in [2.24, 2.45) is 0 Å². The van der Waals surface area contributed by atoms with Crippen LogP contribution in [-0.2, 0) is 0 Å². The lowest BCUT2D eigenvalue weighted by Gasteiger charge is -2.41. The summed E-state index contributed by atoms with van der Waals surface area (Å²) in [7, 11) is 0. The molecule has 0 saturated carbocycles. The monoisotopic (exact) mass is 739 g/mol. The summed E-state index contributed by atoms with van der Waals surface area (Å²) in [5.74, 6) is 0. The number of benzene rings is 9. The van der Waals surface area contributed by atoms with Crippen LogP contribution in [0.25, 0.3) is 65.6 Å².